The van der Waals surface area contributed by atoms with Crippen molar-refractivity contribution in [3.05, 3.63) is 0 Å². The second-order valence-electron chi connectivity index (χ2n) is 4.02. The number of amides is 1. The first kappa shape index (κ1) is 15.4. The van der Waals surface area contributed by atoms with Gasteiger partial charge in [0, 0.05) is 30.9 Å². The summed E-state index contributed by atoms with van der Waals surface area (Å²) in [4.78, 5) is 35.3. The van der Waals surface area contributed by atoms with Gasteiger partial charge in [-0.3, -0.25) is 9.59 Å². The van der Waals surface area contributed by atoms with E-state index < -0.39 is 12.0 Å². The molecular formula is C11H17NO4S2. The van der Waals surface area contributed by atoms with E-state index in [0.29, 0.717) is 18.7 Å². The lowest BCUT2D eigenvalue weighted by Gasteiger charge is -2.23. The predicted molar refractivity (Wildman–Crippen MR) is 72.8 cm³/mol. The third-order valence-corrected chi connectivity index (χ3v) is 4.75. The summed E-state index contributed by atoms with van der Waals surface area (Å²) in [6.45, 7) is 1.95. The Kier molecular flexibility index (Phi) is 6.01. The first-order valence-corrected chi connectivity index (χ1v) is 7.93. The Morgan fingerprint density at radius 3 is 2.56 bits per heavy atom. The molecule has 1 aliphatic heterocycles. The van der Waals surface area contributed by atoms with Crippen LogP contribution in [-0.4, -0.2) is 56.8 Å². The predicted octanol–water partition coefficient (Wildman–Crippen LogP) is 1.07. The van der Waals surface area contributed by atoms with Crippen LogP contribution in [0, 0.1) is 0 Å². The molecule has 1 N–H and O–H groups in total. The Morgan fingerprint density at radius 1 is 1.39 bits per heavy atom. The van der Waals surface area contributed by atoms with Crippen LogP contribution in [0.1, 0.15) is 19.8 Å². The zero-order chi connectivity index (χ0) is 13.7. The average molecular weight is 291 g/mol. The van der Waals surface area contributed by atoms with Crippen LogP contribution in [0.25, 0.3) is 0 Å². The number of hydrogen-bond donors (Lipinski definition) is 1. The number of rotatable bonds is 5. The number of carboxylic acids is 1. The van der Waals surface area contributed by atoms with E-state index in [2.05, 4.69) is 0 Å². The van der Waals surface area contributed by atoms with Crippen molar-refractivity contribution >= 4 is 40.5 Å². The number of carbonyl (C=O) groups is 3. The van der Waals surface area contributed by atoms with Gasteiger partial charge in [-0.1, -0.05) is 11.8 Å². The highest BCUT2D eigenvalue weighted by atomic mass is 32.2. The van der Waals surface area contributed by atoms with Crippen molar-refractivity contribution in [2.24, 2.45) is 0 Å². The van der Waals surface area contributed by atoms with Gasteiger partial charge < -0.3 is 10.0 Å². The third kappa shape index (κ3) is 3.91. The van der Waals surface area contributed by atoms with Gasteiger partial charge >= 0.3 is 5.97 Å². The molecule has 1 amide bonds. The summed E-state index contributed by atoms with van der Waals surface area (Å²) in [5.41, 5.74) is 0. The number of nitrogens with zero attached hydrogens (tertiary/aromatic N) is 1. The van der Waals surface area contributed by atoms with Crippen LogP contribution in [0.5, 0.6) is 0 Å². The van der Waals surface area contributed by atoms with Crippen LogP contribution in [0.15, 0.2) is 0 Å². The van der Waals surface area contributed by atoms with Crippen LogP contribution in [0.4, 0.5) is 0 Å². The maximum absolute atomic E-state index is 11.9. The zero-order valence-corrected chi connectivity index (χ0v) is 12.1. The molecule has 0 aliphatic carbocycles. The number of carboxylic acid groups (broad SMARTS) is 1. The van der Waals surface area contributed by atoms with E-state index in [9.17, 15) is 19.5 Å². The molecule has 102 valence electrons. The molecule has 1 aliphatic rings. The second-order valence-corrected chi connectivity index (χ2v) is 6.37. The number of likely N-dealkylation sites (tertiary alicyclic amines) is 1. The maximum atomic E-state index is 11.9. The zero-order valence-electron chi connectivity index (χ0n) is 10.4. The number of carbonyl (C=O) groups excluding carboxylic acids is 2. The van der Waals surface area contributed by atoms with Gasteiger partial charge in [-0.2, -0.15) is 11.8 Å². The van der Waals surface area contributed by atoms with Gasteiger partial charge in [-0.05, 0) is 12.7 Å². The Balaban J connectivity index is 2.56. The minimum Gasteiger partial charge on any atom is -0.480 e. The van der Waals surface area contributed by atoms with Crippen LogP contribution in [0.2, 0.25) is 0 Å². The van der Waals surface area contributed by atoms with Gasteiger partial charge in [0.25, 0.3) is 0 Å². The molecule has 1 fully saturated rings. The Morgan fingerprint density at radius 2 is 2.06 bits per heavy atom. The SMILES string of the molecule is CSC1CCN(C(=O)CCSC(C)=O)[C@@H]1C(=O)O. The normalized spacial score (nSPS) is 23.1. The summed E-state index contributed by atoms with van der Waals surface area (Å²) < 4.78 is 0. The fourth-order valence-corrected chi connectivity index (χ4v) is 3.43. The number of thioether (sulfide) groups is 2. The molecule has 1 heterocycles. The van der Waals surface area contributed by atoms with Gasteiger partial charge in [-0.25, -0.2) is 4.79 Å². The van der Waals surface area contributed by atoms with Crippen molar-refractivity contribution in [1.29, 1.82) is 0 Å². The van der Waals surface area contributed by atoms with E-state index in [1.165, 1.54) is 23.6 Å². The van der Waals surface area contributed by atoms with Gasteiger partial charge in [0.2, 0.25) is 5.91 Å². The molecule has 5 nitrogen and oxygen atoms in total. The van der Waals surface area contributed by atoms with E-state index in [1.54, 1.807) is 0 Å². The lowest BCUT2D eigenvalue weighted by molar-refractivity contribution is -0.147. The standard InChI is InChI=1S/C11H17NO4S2/c1-7(13)18-6-4-9(14)12-5-3-8(17-2)10(12)11(15)16/h8,10H,3-6H2,1-2H3,(H,15,16)/t8?,10-/m0/s1. The van der Waals surface area contributed by atoms with Crippen molar-refractivity contribution in [1.82, 2.24) is 4.90 Å². The van der Waals surface area contributed by atoms with Crippen LogP contribution in [0.3, 0.4) is 0 Å². The number of aliphatic carboxylic acids is 1. The fourth-order valence-electron chi connectivity index (χ4n) is 2.01. The summed E-state index contributed by atoms with van der Waals surface area (Å²) in [7, 11) is 0. The molecule has 0 aromatic rings. The van der Waals surface area contributed by atoms with E-state index in [0.717, 1.165) is 11.8 Å². The van der Waals surface area contributed by atoms with Gasteiger partial charge in [0.1, 0.15) is 6.04 Å². The molecule has 7 heteroatoms. The molecule has 18 heavy (non-hydrogen) atoms. The van der Waals surface area contributed by atoms with Crippen molar-refractivity contribution < 1.29 is 19.5 Å². The highest BCUT2D eigenvalue weighted by Crippen LogP contribution is 2.28. The minimum atomic E-state index is -0.945. The molecule has 1 rings (SSSR count). The highest BCUT2D eigenvalue weighted by molar-refractivity contribution is 8.13. The molecule has 0 aromatic heterocycles. The van der Waals surface area contributed by atoms with Crippen LogP contribution >= 0.6 is 23.5 Å². The quantitative estimate of drug-likeness (QED) is 0.817. The molecule has 0 radical (unpaired) electrons. The molecule has 1 saturated heterocycles. The molecule has 0 spiro atoms. The van der Waals surface area contributed by atoms with E-state index in [4.69, 9.17) is 0 Å². The smallest absolute Gasteiger partial charge is 0.327 e. The topological polar surface area (TPSA) is 74.7 Å². The minimum absolute atomic E-state index is 0.0269. The first-order valence-electron chi connectivity index (χ1n) is 5.65. The fraction of sp³-hybridized carbons (Fsp3) is 0.727. The van der Waals surface area contributed by atoms with Crippen LogP contribution in [-0.2, 0) is 14.4 Å². The van der Waals surface area contributed by atoms with Crippen molar-refractivity contribution in [2.75, 3.05) is 18.6 Å². The van der Waals surface area contributed by atoms with Crippen molar-refractivity contribution in [2.45, 2.75) is 31.1 Å². The summed E-state index contributed by atoms with van der Waals surface area (Å²) in [5.74, 6) is -0.701. The highest BCUT2D eigenvalue weighted by Gasteiger charge is 2.41. The Labute approximate surface area is 115 Å². The van der Waals surface area contributed by atoms with Crippen molar-refractivity contribution in [3.63, 3.8) is 0 Å². The molecule has 0 aromatic carbocycles. The third-order valence-electron chi connectivity index (χ3n) is 2.84. The van der Waals surface area contributed by atoms with E-state index in [1.807, 2.05) is 6.26 Å². The molecule has 2 atom stereocenters. The largest absolute Gasteiger partial charge is 0.480 e. The number of hydrogen-bond acceptors (Lipinski definition) is 5. The molecular weight excluding hydrogens is 274 g/mol. The monoisotopic (exact) mass is 291 g/mol. The molecule has 0 saturated carbocycles. The Bertz CT molecular complexity index is 348. The van der Waals surface area contributed by atoms with Crippen LogP contribution < -0.4 is 0 Å². The van der Waals surface area contributed by atoms with E-state index in [-0.39, 0.29) is 22.7 Å². The lowest BCUT2D eigenvalue weighted by atomic mass is 10.2. The average Bonchev–Trinajstić information content (AvgIpc) is 2.71. The molecule has 1 unspecified atom stereocenters. The summed E-state index contributed by atoms with van der Waals surface area (Å²) in [6.07, 6.45) is 2.79. The Hall–Kier alpha value is -0.690. The van der Waals surface area contributed by atoms with E-state index >= 15 is 0 Å². The van der Waals surface area contributed by atoms with Gasteiger partial charge in [0.15, 0.2) is 5.12 Å². The van der Waals surface area contributed by atoms with Crippen molar-refractivity contribution in [3.8, 4) is 0 Å². The lowest BCUT2D eigenvalue weighted by Crippen LogP contribution is -2.44. The molecule has 0 bridgehead atoms. The summed E-state index contributed by atoms with van der Waals surface area (Å²) >= 11 is 2.58. The summed E-state index contributed by atoms with van der Waals surface area (Å²) in [5, 5.41) is 9.12. The maximum Gasteiger partial charge on any atom is 0.327 e. The first-order chi connectivity index (χ1) is 8.47. The summed E-state index contributed by atoms with van der Waals surface area (Å²) in [6, 6.07) is -0.727. The van der Waals surface area contributed by atoms with Gasteiger partial charge in [0.05, 0.1) is 0 Å². The second kappa shape index (κ2) is 7.04. The van der Waals surface area contributed by atoms with Gasteiger partial charge in [-0.15, -0.1) is 0 Å².